The molecule has 1 aliphatic rings. The summed E-state index contributed by atoms with van der Waals surface area (Å²) in [4.78, 5) is 21.5. The van der Waals surface area contributed by atoms with Gasteiger partial charge in [0, 0.05) is 23.6 Å². The Kier molecular flexibility index (Phi) is 2.04. The van der Waals surface area contributed by atoms with Gasteiger partial charge in [0.05, 0.1) is 4.92 Å². The van der Waals surface area contributed by atoms with E-state index < -0.39 is 4.92 Å². The van der Waals surface area contributed by atoms with Crippen molar-refractivity contribution in [3.05, 3.63) is 39.9 Å². The molecule has 1 saturated carbocycles. The molecule has 1 fully saturated rings. The summed E-state index contributed by atoms with van der Waals surface area (Å²) in [6.07, 6.45) is 1.84. The highest BCUT2D eigenvalue weighted by Crippen LogP contribution is 2.33. The molecular weight excluding hydrogens is 182 g/mol. The number of hydrogen-bond donors (Lipinski definition) is 0. The molecule has 0 heterocycles. The summed E-state index contributed by atoms with van der Waals surface area (Å²) in [7, 11) is 0. The molecule has 2 rings (SSSR count). The van der Waals surface area contributed by atoms with E-state index in [2.05, 4.69) is 0 Å². The number of nitrogens with zero attached hydrogens (tertiary/aromatic N) is 1. The van der Waals surface area contributed by atoms with Crippen LogP contribution in [0.25, 0.3) is 0 Å². The smallest absolute Gasteiger partial charge is 0.270 e. The molecular formula is C10H9NO3. The van der Waals surface area contributed by atoms with Crippen LogP contribution in [0.5, 0.6) is 0 Å². The molecule has 0 aliphatic heterocycles. The molecule has 0 atom stereocenters. The summed E-state index contributed by atoms with van der Waals surface area (Å²) >= 11 is 0. The van der Waals surface area contributed by atoms with Gasteiger partial charge in [-0.15, -0.1) is 0 Å². The standard InChI is InChI=1S/C10H9NO3/c12-10(7-4-5-7)8-2-1-3-9(6-8)11(13)14/h1-3,6-7H,4-5H2. The van der Waals surface area contributed by atoms with Crippen LogP contribution in [0.1, 0.15) is 23.2 Å². The Labute approximate surface area is 80.7 Å². The fourth-order valence-corrected chi connectivity index (χ4v) is 1.35. The average Bonchev–Trinajstić information content (AvgIpc) is 3.00. The van der Waals surface area contributed by atoms with Crippen LogP contribution in [0.2, 0.25) is 0 Å². The second-order valence-electron chi connectivity index (χ2n) is 3.45. The molecule has 72 valence electrons. The summed E-state index contributed by atoms with van der Waals surface area (Å²) in [5.41, 5.74) is 0.443. The Hall–Kier alpha value is -1.71. The van der Waals surface area contributed by atoms with Crippen LogP contribution < -0.4 is 0 Å². The molecule has 14 heavy (non-hydrogen) atoms. The first-order valence-corrected chi connectivity index (χ1v) is 4.47. The highest BCUT2D eigenvalue weighted by Gasteiger charge is 2.30. The predicted molar refractivity (Wildman–Crippen MR) is 50.2 cm³/mol. The lowest BCUT2D eigenvalue weighted by atomic mass is 10.1. The second-order valence-corrected chi connectivity index (χ2v) is 3.45. The van der Waals surface area contributed by atoms with Crippen molar-refractivity contribution in [2.75, 3.05) is 0 Å². The van der Waals surface area contributed by atoms with Crippen LogP contribution in [0.15, 0.2) is 24.3 Å². The molecule has 0 spiro atoms. The number of ketones is 1. The Morgan fingerprint density at radius 3 is 2.71 bits per heavy atom. The summed E-state index contributed by atoms with van der Waals surface area (Å²) < 4.78 is 0. The Balaban J connectivity index is 2.29. The number of hydrogen-bond acceptors (Lipinski definition) is 3. The van der Waals surface area contributed by atoms with Crippen molar-refractivity contribution in [2.45, 2.75) is 12.8 Å². The zero-order valence-corrected chi connectivity index (χ0v) is 7.47. The molecule has 0 unspecified atom stereocenters. The summed E-state index contributed by atoms with van der Waals surface area (Å²) in [5.74, 6) is 0.144. The van der Waals surface area contributed by atoms with Crippen molar-refractivity contribution in [3.63, 3.8) is 0 Å². The fourth-order valence-electron chi connectivity index (χ4n) is 1.35. The maximum atomic E-state index is 11.6. The summed E-state index contributed by atoms with van der Waals surface area (Å²) in [5, 5.41) is 10.5. The molecule has 0 radical (unpaired) electrons. The van der Waals surface area contributed by atoms with Gasteiger partial charge < -0.3 is 0 Å². The van der Waals surface area contributed by atoms with Gasteiger partial charge in [-0.25, -0.2) is 0 Å². The number of benzene rings is 1. The zero-order chi connectivity index (χ0) is 10.1. The first-order valence-electron chi connectivity index (χ1n) is 4.47. The maximum Gasteiger partial charge on any atom is 0.270 e. The highest BCUT2D eigenvalue weighted by atomic mass is 16.6. The third kappa shape index (κ3) is 1.64. The van der Waals surface area contributed by atoms with Gasteiger partial charge in [-0.3, -0.25) is 14.9 Å². The van der Waals surface area contributed by atoms with Crippen LogP contribution in [0.3, 0.4) is 0 Å². The van der Waals surface area contributed by atoms with Gasteiger partial charge in [-0.2, -0.15) is 0 Å². The van der Waals surface area contributed by atoms with E-state index in [1.54, 1.807) is 12.1 Å². The zero-order valence-electron chi connectivity index (χ0n) is 7.47. The molecule has 4 nitrogen and oxygen atoms in total. The van der Waals surface area contributed by atoms with E-state index in [0.29, 0.717) is 5.56 Å². The van der Waals surface area contributed by atoms with Gasteiger partial charge in [0.25, 0.3) is 5.69 Å². The van der Waals surface area contributed by atoms with Crippen molar-refractivity contribution in [3.8, 4) is 0 Å². The molecule has 0 N–H and O–H groups in total. The number of non-ortho nitro benzene ring substituents is 1. The van der Waals surface area contributed by atoms with Gasteiger partial charge in [-0.05, 0) is 12.8 Å². The van der Waals surface area contributed by atoms with Crippen molar-refractivity contribution >= 4 is 11.5 Å². The van der Waals surface area contributed by atoms with Crippen molar-refractivity contribution < 1.29 is 9.72 Å². The second kappa shape index (κ2) is 3.21. The molecule has 1 aromatic rings. The van der Waals surface area contributed by atoms with Gasteiger partial charge in [0.1, 0.15) is 0 Å². The first kappa shape index (κ1) is 8.87. The van der Waals surface area contributed by atoms with E-state index in [-0.39, 0.29) is 17.4 Å². The van der Waals surface area contributed by atoms with Gasteiger partial charge in [-0.1, -0.05) is 12.1 Å². The van der Waals surface area contributed by atoms with Crippen molar-refractivity contribution in [1.82, 2.24) is 0 Å². The maximum absolute atomic E-state index is 11.6. The third-order valence-electron chi connectivity index (χ3n) is 2.29. The number of nitro benzene ring substituents is 1. The Morgan fingerprint density at radius 2 is 2.14 bits per heavy atom. The SMILES string of the molecule is O=C(c1cccc([N+](=O)[O-])c1)C1CC1. The Morgan fingerprint density at radius 1 is 1.43 bits per heavy atom. The average molecular weight is 191 g/mol. The molecule has 0 saturated heterocycles. The van der Waals surface area contributed by atoms with E-state index in [4.69, 9.17) is 0 Å². The van der Waals surface area contributed by atoms with Crippen LogP contribution in [-0.2, 0) is 0 Å². The third-order valence-corrected chi connectivity index (χ3v) is 2.29. The molecule has 0 aromatic heterocycles. The number of nitro groups is 1. The van der Waals surface area contributed by atoms with Gasteiger partial charge in [0.2, 0.25) is 0 Å². The lowest BCUT2D eigenvalue weighted by molar-refractivity contribution is -0.384. The topological polar surface area (TPSA) is 60.2 Å². The van der Waals surface area contributed by atoms with E-state index in [0.717, 1.165) is 12.8 Å². The lowest BCUT2D eigenvalue weighted by Crippen LogP contribution is -2.01. The normalized spacial score (nSPS) is 15.1. The minimum Gasteiger partial charge on any atom is -0.294 e. The minimum absolute atomic E-state index is 0.0171. The van der Waals surface area contributed by atoms with E-state index in [1.807, 2.05) is 0 Å². The van der Waals surface area contributed by atoms with Gasteiger partial charge in [0.15, 0.2) is 5.78 Å². The van der Waals surface area contributed by atoms with Crippen LogP contribution in [0.4, 0.5) is 5.69 Å². The molecule has 4 heteroatoms. The van der Waals surface area contributed by atoms with E-state index in [9.17, 15) is 14.9 Å². The molecule has 0 bridgehead atoms. The number of rotatable bonds is 3. The Bertz CT molecular complexity index is 396. The lowest BCUT2D eigenvalue weighted by Gasteiger charge is -1.97. The van der Waals surface area contributed by atoms with Crippen LogP contribution >= 0.6 is 0 Å². The first-order chi connectivity index (χ1) is 6.68. The van der Waals surface area contributed by atoms with E-state index >= 15 is 0 Å². The summed E-state index contributed by atoms with van der Waals surface area (Å²) in [6, 6.07) is 5.92. The number of Topliss-reactive ketones (excluding diaryl/α,β-unsaturated/α-hetero) is 1. The summed E-state index contributed by atoms with van der Waals surface area (Å²) in [6.45, 7) is 0. The monoisotopic (exact) mass is 191 g/mol. The van der Waals surface area contributed by atoms with Gasteiger partial charge >= 0.3 is 0 Å². The predicted octanol–water partition coefficient (Wildman–Crippen LogP) is 2.19. The fraction of sp³-hybridized carbons (Fsp3) is 0.300. The molecule has 1 aromatic carbocycles. The minimum atomic E-state index is -0.482. The quantitative estimate of drug-likeness (QED) is 0.418. The van der Waals surface area contributed by atoms with Crippen molar-refractivity contribution in [1.29, 1.82) is 0 Å². The van der Waals surface area contributed by atoms with E-state index in [1.165, 1.54) is 12.1 Å². The van der Waals surface area contributed by atoms with Crippen molar-refractivity contribution in [2.24, 2.45) is 5.92 Å². The molecule has 1 aliphatic carbocycles. The number of carbonyl (C=O) groups is 1. The number of carbonyl (C=O) groups excluding carboxylic acids is 1. The molecule has 0 amide bonds. The van der Waals surface area contributed by atoms with Crippen LogP contribution in [-0.4, -0.2) is 10.7 Å². The van der Waals surface area contributed by atoms with Crippen LogP contribution in [0, 0.1) is 16.0 Å². The highest BCUT2D eigenvalue weighted by molar-refractivity contribution is 5.99. The largest absolute Gasteiger partial charge is 0.294 e.